The minimum atomic E-state index is -4.77. The number of H-pyrrole nitrogens is 1. The number of amidine groups is 1. The van der Waals surface area contributed by atoms with Crippen LogP contribution in [-0.4, -0.2) is 74.6 Å². The predicted octanol–water partition coefficient (Wildman–Crippen LogP) is 3.62. The Labute approximate surface area is 274 Å². The maximum atomic E-state index is 13.6. The SMILES string of the molecule is Cc1ccc(C(=O)N(C(=O)OCOC(=O)c2ccc(OP(=O)(O)O)cc2)C2CC2)cc1N=C(N=CN)c1[nH]cc(C(=O)NC2CC2)c1C. The van der Waals surface area contributed by atoms with Gasteiger partial charge in [-0.1, -0.05) is 6.07 Å². The van der Waals surface area contributed by atoms with E-state index in [9.17, 15) is 23.7 Å². The Hall–Kier alpha value is -5.31. The topological polar surface area (TPSA) is 235 Å². The molecule has 2 aliphatic carbocycles. The van der Waals surface area contributed by atoms with Gasteiger partial charge in [0.15, 0.2) is 5.84 Å². The second-order valence-corrected chi connectivity index (χ2v) is 12.3. The third-order valence-corrected chi connectivity index (χ3v) is 7.86. The number of phosphoric ester groups is 1. The molecule has 16 nitrogen and oxygen atoms in total. The summed E-state index contributed by atoms with van der Waals surface area (Å²) < 4.78 is 25.5. The van der Waals surface area contributed by atoms with E-state index in [0.717, 1.165) is 36.2 Å². The highest BCUT2D eigenvalue weighted by Gasteiger charge is 2.39. The molecule has 0 aliphatic heterocycles. The van der Waals surface area contributed by atoms with E-state index in [1.165, 1.54) is 18.2 Å². The van der Waals surface area contributed by atoms with E-state index < -0.39 is 38.6 Å². The molecule has 1 heterocycles. The summed E-state index contributed by atoms with van der Waals surface area (Å²) in [7, 11) is -4.77. The summed E-state index contributed by atoms with van der Waals surface area (Å²) in [6.45, 7) is 2.75. The van der Waals surface area contributed by atoms with Crippen LogP contribution in [-0.2, 0) is 14.0 Å². The Morgan fingerprint density at radius 3 is 2.35 bits per heavy atom. The zero-order valence-corrected chi connectivity index (χ0v) is 26.8. The number of hydrogen-bond acceptors (Lipinski definition) is 9. The van der Waals surface area contributed by atoms with Crippen molar-refractivity contribution < 1.29 is 47.5 Å². The quantitative estimate of drug-likeness (QED) is 0.0645. The molecule has 252 valence electrons. The first-order chi connectivity index (χ1) is 22.8. The first kappa shape index (κ1) is 34.0. The van der Waals surface area contributed by atoms with Crippen LogP contribution in [0.4, 0.5) is 10.5 Å². The van der Waals surface area contributed by atoms with Crippen molar-refractivity contribution in [3.8, 4) is 5.75 Å². The van der Waals surface area contributed by atoms with E-state index >= 15 is 0 Å². The summed E-state index contributed by atoms with van der Waals surface area (Å²) in [6.07, 6.45) is 4.66. The predicted molar refractivity (Wildman–Crippen MR) is 171 cm³/mol. The number of nitrogens with one attached hydrogen (secondary N) is 2. The Morgan fingerprint density at radius 1 is 1.04 bits per heavy atom. The van der Waals surface area contributed by atoms with Crippen LogP contribution in [0.2, 0.25) is 0 Å². The average Bonchev–Trinajstić information content (AvgIpc) is 3.97. The van der Waals surface area contributed by atoms with Crippen molar-refractivity contribution in [1.82, 2.24) is 15.2 Å². The standard InChI is InChI=1S/C31H33N6O10P/c1-17-3-4-20(13-25(17)36-27(34-15-32)26-18(2)24(14-33-26)28(38)35-21-7-8-21)29(39)37(22-9-10-22)31(41)46-16-45-30(40)19-5-11-23(12-6-19)47-48(42,43)44/h3-6,11-15,21-22,33H,7-10,16H2,1-2H3,(H,35,38)(H2,32,34,36)(H2,42,43,44). The van der Waals surface area contributed by atoms with Crippen LogP contribution in [0.15, 0.2) is 58.6 Å². The molecule has 2 saturated carbocycles. The molecule has 1 aromatic heterocycles. The summed E-state index contributed by atoms with van der Waals surface area (Å²) >= 11 is 0. The van der Waals surface area contributed by atoms with Gasteiger partial charge in [-0.25, -0.2) is 29.0 Å². The lowest BCUT2D eigenvalue weighted by Crippen LogP contribution is -2.39. The molecule has 0 spiro atoms. The Bertz CT molecular complexity index is 1840. The number of nitrogens with two attached hydrogens (primary N) is 1. The fraction of sp³-hybridized carbons (Fsp3) is 0.290. The number of aromatic amines is 1. The van der Waals surface area contributed by atoms with E-state index in [2.05, 4.69) is 24.8 Å². The molecule has 17 heteroatoms. The number of benzene rings is 2. The van der Waals surface area contributed by atoms with E-state index in [1.54, 1.807) is 32.2 Å². The number of carbonyl (C=O) groups is 4. The maximum Gasteiger partial charge on any atom is 0.524 e. The van der Waals surface area contributed by atoms with Gasteiger partial charge in [-0.15, -0.1) is 0 Å². The van der Waals surface area contributed by atoms with Gasteiger partial charge in [0.25, 0.3) is 11.8 Å². The number of aliphatic imine (C=N–C) groups is 2. The summed E-state index contributed by atoms with van der Waals surface area (Å²) in [5, 5.41) is 2.95. The number of aromatic nitrogens is 1. The molecular weight excluding hydrogens is 647 g/mol. The number of hydrogen-bond donors (Lipinski definition) is 5. The minimum Gasteiger partial charge on any atom is -0.424 e. The van der Waals surface area contributed by atoms with Crippen molar-refractivity contribution in [2.24, 2.45) is 15.7 Å². The molecule has 6 N–H and O–H groups in total. The molecular formula is C31H33N6O10P. The van der Waals surface area contributed by atoms with Gasteiger partial charge in [-0.2, -0.15) is 0 Å². The van der Waals surface area contributed by atoms with Crippen LogP contribution in [0.3, 0.4) is 0 Å². The van der Waals surface area contributed by atoms with Crippen molar-refractivity contribution >= 4 is 49.6 Å². The van der Waals surface area contributed by atoms with Crippen molar-refractivity contribution in [2.45, 2.75) is 51.6 Å². The number of phosphoric acid groups is 1. The third-order valence-electron chi connectivity index (χ3n) is 7.41. The molecule has 0 atom stereocenters. The molecule has 5 rings (SSSR count). The van der Waals surface area contributed by atoms with Crippen LogP contribution in [0.25, 0.3) is 0 Å². The monoisotopic (exact) mass is 680 g/mol. The lowest BCUT2D eigenvalue weighted by Gasteiger charge is -2.20. The molecule has 3 amide bonds. The average molecular weight is 681 g/mol. The van der Waals surface area contributed by atoms with Crippen LogP contribution >= 0.6 is 7.82 Å². The van der Waals surface area contributed by atoms with E-state index in [-0.39, 0.29) is 34.7 Å². The van der Waals surface area contributed by atoms with Crippen LogP contribution in [0.5, 0.6) is 5.75 Å². The van der Waals surface area contributed by atoms with Crippen molar-refractivity contribution in [3.05, 3.63) is 82.2 Å². The van der Waals surface area contributed by atoms with Gasteiger partial charge in [0.05, 0.1) is 28.8 Å². The van der Waals surface area contributed by atoms with Crippen molar-refractivity contribution in [2.75, 3.05) is 6.79 Å². The second-order valence-electron chi connectivity index (χ2n) is 11.1. The first-order valence-corrected chi connectivity index (χ1v) is 16.3. The largest absolute Gasteiger partial charge is 0.524 e. The third kappa shape index (κ3) is 8.53. The summed E-state index contributed by atoms with van der Waals surface area (Å²) in [5.41, 5.74) is 8.36. The minimum absolute atomic E-state index is 0.00222. The number of imide groups is 1. The summed E-state index contributed by atoms with van der Waals surface area (Å²) in [5.74, 6) is -1.73. The Balaban J connectivity index is 1.27. The highest BCUT2D eigenvalue weighted by Crippen LogP contribution is 2.37. The highest BCUT2D eigenvalue weighted by atomic mass is 31.2. The molecule has 48 heavy (non-hydrogen) atoms. The summed E-state index contributed by atoms with van der Waals surface area (Å²) in [6, 6.07) is 9.22. The van der Waals surface area contributed by atoms with Gasteiger partial charge in [-0.3, -0.25) is 19.4 Å². The number of nitrogens with zero attached hydrogens (tertiary/aromatic N) is 3. The number of amides is 3. The van der Waals surface area contributed by atoms with Crippen molar-refractivity contribution in [3.63, 3.8) is 0 Å². The molecule has 0 radical (unpaired) electrons. The smallest absolute Gasteiger partial charge is 0.424 e. The fourth-order valence-corrected chi connectivity index (χ4v) is 4.99. The number of ether oxygens (including phenoxy) is 2. The molecule has 0 saturated heterocycles. The Kier molecular flexibility index (Phi) is 10.1. The first-order valence-electron chi connectivity index (χ1n) is 14.8. The van der Waals surface area contributed by atoms with Gasteiger partial charge < -0.3 is 30.0 Å². The van der Waals surface area contributed by atoms with Crippen LogP contribution < -0.4 is 15.6 Å². The van der Waals surface area contributed by atoms with Gasteiger partial charge in [0.2, 0.25) is 6.79 Å². The second kappa shape index (κ2) is 14.2. The van der Waals surface area contributed by atoms with Crippen LogP contribution in [0.1, 0.15) is 73.6 Å². The fourth-order valence-electron chi connectivity index (χ4n) is 4.60. The number of aryl methyl sites for hydroxylation is 1. The normalized spacial score (nSPS) is 14.8. The van der Waals surface area contributed by atoms with Gasteiger partial charge in [0.1, 0.15) is 5.75 Å². The zero-order valence-electron chi connectivity index (χ0n) is 25.9. The molecule has 2 aliphatic rings. The lowest BCUT2D eigenvalue weighted by molar-refractivity contribution is -0.0110. The summed E-state index contributed by atoms with van der Waals surface area (Å²) in [4.78, 5) is 82.2. The van der Waals surface area contributed by atoms with Crippen molar-refractivity contribution in [1.29, 1.82) is 0 Å². The van der Waals surface area contributed by atoms with Gasteiger partial charge in [0, 0.05) is 23.8 Å². The lowest BCUT2D eigenvalue weighted by atomic mass is 10.1. The van der Waals surface area contributed by atoms with Gasteiger partial charge >= 0.3 is 19.9 Å². The molecule has 2 fully saturated rings. The number of esters is 1. The van der Waals surface area contributed by atoms with E-state index in [1.807, 2.05) is 0 Å². The zero-order chi connectivity index (χ0) is 34.6. The molecule has 3 aromatic rings. The van der Waals surface area contributed by atoms with Gasteiger partial charge in [-0.05, 0) is 87.1 Å². The number of carbonyl (C=O) groups excluding carboxylic acids is 4. The van der Waals surface area contributed by atoms with E-state index in [4.69, 9.17) is 25.0 Å². The molecule has 0 unspecified atom stereocenters. The molecule has 0 bridgehead atoms. The van der Waals surface area contributed by atoms with E-state index in [0.29, 0.717) is 40.9 Å². The Morgan fingerprint density at radius 2 is 1.73 bits per heavy atom. The molecule has 2 aromatic carbocycles. The maximum absolute atomic E-state index is 13.6. The number of rotatable bonds is 11. The highest BCUT2D eigenvalue weighted by molar-refractivity contribution is 7.46. The van der Waals surface area contributed by atoms with Crippen LogP contribution in [0, 0.1) is 13.8 Å².